The Kier molecular flexibility index (Phi) is 3.23. The molecule has 0 amide bonds. The van der Waals surface area contributed by atoms with E-state index in [0.29, 0.717) is 12.2 Å². The van der Waals surface area contributed by atoms with Crippen molar-refractivity contribution >= 4 is 22.5 Å². The van der Waals surface area contributed by atoms with E-state index < -0.39 is 0 Å². The van der Waals surface area contributed by atoms with Crippen LogP contribution in [-0.4, -0.2) is 36.1 Å². The van der Waals surface area contributed by atoms with Crippen LogP contribution in [0.4, 0.5) is 0 Å². The van der Waals surface area contributed by atoms with Crippen molar-refractivity contribution in [2.24, 2.45) is 0 Å². The normalized spacial score (nSPS) is 36.8. The predicted octanol–water partition coefficient (Wildman–Crippen LogP) is 1.78. The molecule has 70 valence electrons. The third-order valence-corrected chi connectivity index (χ3v) is 3.43. The van der Waals surface area contributed by atoms with Gasteiger partial charge in [-0.25, -0.2) is 0 Å². The molecule has 2 aliphatic heterocycles. The Morgan fingerprint density at radius 3 is 2.58 bits per heavy atom. The molecule has 4 heteroatoms. The van der Waals surface area contributed by atoms with Gasteiger partial charge in [0.1, 0.15) is 0 Å². The lowest BCUT2D eigenvalue weighted by atomic mass is 10.0. The van der Waals surface area contributed by atoms with Crippen LogP contribution in [-0.2, 0) is 4.74 Å². The third kappa shape index (κ3) is 2.10. The first-order valence-corrected chi connectivity index (χ1v) is 6.56. The van der Waals surface area contributed by atoms with Crippen LogP contribution in [0.1, 0.15) is 19.3 Å². The lowest BCUT2D eigenvalue weighted by molar-refractivity contribution is -0.109. The minimum absolute atomic E-state index is 0.512. The molecule has 2 aliphatic rings. The summed E-state index contributed by atoms with van der Waals surface area (Å²) in [5, 5.41) is 0. The van der Waals surface area contributed by atoms with Gasteiger partial charge in [0.15, 0.2) is 0 Å². The lowest BCUT2D eigenvalue weighted by Gasteiger charge is -2.41. The molecule has 0 saturated carbocycles. The maximum absolute atomic E-state index is 5.82. The molecule has 0 aromatic heterocycles. The quantitative estimate of drug-likeness (QED) is 0.545. The van der Waals surface area contributed by atoms with E-state index in [0.717, 1.165) is 19.0 Å². The van der Waals surface area contributed by atoms with Gasteiger partial charge in [0.05, 0.1) is 18.1 Å². The van der Waals surface area contributed by atoms with Crippen LogP contribution in [0.5, 0.6) is 0 Å². The standard InChI is InChI=1S/C8H15NOS2/c11-12-6-9-4-7-2-1-3-8(5-9)10-7/h7-8,11H,1-6H2. The van der Waals surface area contributed by atoms with Crippen molar-refractivity contribution in [2.75, 3.05) is 19.0 Å². The van der Waals surface area contributed by atoms with Crippen molar-refractivity contribution in [3.63, 3.8) is 0 Å². The fraction of sp³-hybridized carbons (Fsp3) is 1.00. The number of hydrogen-bond donors (Lipinski definition) is 1. The van der Waals surface area contributed by atoms with Gasteiger partial charge in [0.2, 0.25) is 0 Å². The largest absolute Gasteiger partial charge is 0.372 e. The second-order valence-electron chi connectivity index (χ2n) is 3.61. The van der Waals surface area contributed by atoms with E-state index in [1.807, 2.05) is 0 Å². The van der Waals surface area contributed by atoms with Gasteiger partial charge in [-0.3, -0.25) is 4.90 Å². The van der Waals surface area contributed by atoms with Crippen LogP contribution in [0, 0.1) is 0 Å². The van der Waals surface area contributed by atoms with Gasteiger partial charge in [0, 0.05) is 13.1 Å². The van der Waals surface area contributed by atoms with E-state index in [-0.39, 0.29) is 0 Å². The van der Waals surface area contributed by atoms with Crippen molar-refractivity contribution in [2.45, 2.75) is 31.5 Å². The summed E-state index contributed by atoms with van der Waals surface area (Å²) in [4.78, 5) is 2.45. The third-order valence-electron chi connectivity index (χ3n) is 2.60. The minimum Gasteiger partial charge on any atom is -0.372 e. The number of morpholine rings is 1. The molecule has 0 radical (unpaired) electrons. The number of hydrogen-bond acceptors (Lipinski definition) is 4. The highest BCUT2D eigenvalue weighted by Crippen LogP contribution is 2.26. The van der Waals surface area contributed by atoms with Gasteiger partial charge in [-0.2, -0.15) is 0 Å². The molecule has 2 heterocycles. The zero-order chi connectivity index (χ0) is 8.39. The molecule has 2 saturated heterocycles. The molecule has 0 aromatic rings. The van der Waals surface area contributed by atoms with Crippen LogP contribution in [0.25, 0.3) is 0 Å². The van der Waals surface area contributed by atoms with Crippen LogP contribution in [0.15, 0.2) is 0 Å². The smallest absolute Gasteiger partial charge is 0.0706 e. The minimum atomic E-state index is 0.512. The summed E-state index contributed by atoms with van der Waals surface area (Å²) >= 11 is 4.17. The summed E-state index contributed by atoms with van der Waals surface area (Å²) in [5.74, 6) is 1.04. The second kappa shape index (κ2) is 4.22. The first-order chi connectivity index (χ1) is 5.88. The molecule has 2 atom stereocenters. The molecule has 2 rings (SSSR count). The van der Waals surface area contributed by atoms with Gasteiger partial charge in [-0.15, -0.1) is 11.7 Å². The van der Waals surface area contributed by atoms with Crippen LogP contribution >= 0.6 is 22.5 Å². The fourth-order valence-corrected chi connectivity index (χ4v) is 2.95. The SMILES string of the molecule is SSCN1CC2CCCC(C1)O2. The van der Waals surface area contributed by atoms with Gasteiger partial charge in [0.25, 0.3) is 0 Å². The Balaban J connectivity index is 1.87. The monoisotopic (exact) mass is 205 g/mol. The average Bonchev–Trinajstić information content (AvgIpc) is 2.04. The van der Waals surface area contributed by atoms with Crippen LogP contribution < -0.4 is 0 Å². The number of thiol groups is 1. The van der Waals surface area contributed by atoms with Gasteiger partial charge < -0.3 is 4.74 Å². The Hall–Kier alpha value is 0.620. The second-order valence-corrected chi connectivity index (χ2v) is 4.90. The van der Waals surface area contributed by atoms with E-state index in [2.05, 4.69) is 16.6 Å². The molecule has 2 bridgehead atoms. The molecule has 2 fully saturated rings. The number of nitrogens with zero attached hydrogens (tertiary/aromatic N) is 1. The maximum Gasteiger partial charge on any atom is 0.0706 e. The summed E-state index contributed by atoms with van der Waals surface area (Å²) in [5.41, 5.74) is 0. The molecule has 0 N–H and O–H groups in total. The molecule has 2 nitrogen and oxygen atoms in total. The summed E-state index contributed by atoms with van der Waals surface area (Å²) in [6.45, 7) is 2.23. The highest BCUT2D eigenvalue weighted by atomic mass is 33.1. The highest BCUT2D eigenvalue weighted by Gasteiger charge is 2.30. The average molecular weight is 205 g/mol. The fourth-order valence-electron chi connectivity index (χ4n) is 2.09. The van der Waals surface area contributed by atoms with Gasteiger partial charge in [-0.1, -0.05) is 10.8 Å². The van der Waals surface area contributed by atoms with Crippen molar-refractivity contribution in [1.29, 1.82) is 0 Å². The summed E-state index contributed by atoms with van der Waals surface area (Å²) < 4.78 is 5.82. The van der Waals surface area contributed by atoms with Gasteiger partial charge >= 0.3 is 0 Å². The Bertz CT molecular complexity index is 144. The van der Waals surface area contributed by atoms with Crippen molar-refractivity contribution in [3.05, 3.63) is 0 Å². The van der Waals surface area contributed by atoms with Crippen LogP contribution in [0.2, 0.25) is 0 Å². The molecule has 0 aromatic carbocycles. The Morgan fingerprint density at radius 2 is 2.00 bits per heavy atom. The van der Waals surface area contributed by atoms with Crippen LogP contribution in [0.3, 0.4) is 0 Å². The van der Waals surface area contributed by atoms with Crippen molar-refractivity contribution in [1.82, 2.24) is 4.90 Å². The molecule has 0 spiro atoms. The van der Waals surface area contributed by atoms with Crippen molar-refractivity contribution < 1.29 is 4.74 Å². The zero-order valence-corrected chi connectivity index (χ0v) is 8.82. The number of ether oxygens (including phenoxy) is 1. The molecule has 0 aliphatic carbocycles. The first-order valence-electron chi connectivity index (χ1n) is 4.52. The van der Waals surface area contributed by atoms with E-state index in [1.54, 1.807) is 10.8 Å². The van der Waals surface area contributed by atoms with E-state index in [9.17, 15) is 0 Å². The predicted molar refractivity (Wildman–Crippen MR) is 55.5 cm³/mol. The molecule has 12 heavy (non-hydrogen) atoms. The summed E-state index contributed by atoms with van der Waals surface area (Å²) in [6.07, 6.45) is 4.89. The van der Waals surface area contributed by atoms with Gasteiger partial charge in [-0.05, 0) is 19.3 Å². The van der Waals surface area contributed by atoms with E-state index in [1.165, 1.54) is 19.3 Å². The number of rotatable bonds is 2. The highest BCUT2D eigenvalue weighted by molar-refractivity contribution is 8.68. The number of fused-ring (bicyclic) bond motifs is 2. The van der Waals surface area contributed by atoms with Crippen molar-refractivity contribution in [3.8, 4) is 0 Å². The Morgan fingerprint density at radius 1 is 1.33 bits per heavy atom. The lowest BCUT2D eigenvalue weighted by Crippen LogP contribution is -2.49. The topological polar surface area (TPSA) is 12.5 Å². The molecule has 2 unspecified atom stereocenters. The summed E-state index contributed by atoms with van der Waals surface area (Å²) in [7, 11) is 1.61. The number of likely N-dealkylation sites (tertiary alicyclic amines) is 1. The first kappa shape index (κ1) is 9.19. The van der Waals surface area contributed by atoms with E-state index >= 15 is 0 Å². The van der Waals surface area contributed by atoms with E-state index in [4.69, 9.17) is 4.74 Å². The summed E-state index contributed by atoms with van der Waals surface area (Å²) in [6, 6.07) is 0. The zero-order valence-electron chi connectivity index (χ0n) is 7.11. The Labute approximate surface area is 82.8 Å². The molecular weight excluding hydrogens is 190 g/mol. The maximum atomic E-state index is 5.82. The molecular formula is C8H15NOS2.